The minimum absolute atomic E-state index is 0.122. The minimum atomic E-state index is -1.01. The molecule has 0 amide bonds. The second kappa shape index (κ2) is 14.4. The zero-order valence-corrected chi connectivity index (χ0v) is 28.8. The van der Waals surface area contributed by atoms with Gasteiger partial charge in [-0.15, -0.1) is 0 Å². The topological polar surface area (TPSA) is 112 Å². The van der Waals surface area contributed by atoms with Gasteiger partial charge in [-0.25, -0.2) is 9.78 Å². The number of halogens is 2. The number of carboxylic acid groups (broad SMARTS) is 1. The van der Waals surface area contributed by atoms with Crippen LogP contribution in [0.1, 0.15) is 59.3 Å². The highest BCUT2D eigenvalue weighted by molar-refractivity contribution is 9.10. The first-order valence-electron chi connectivity index (χ1n) is 14.9. The van der Waals surface area contributed by atoms with Gasteiger partial charge in [0, 0.05) is 15.6 Å². The van der Waals surface area contributed by atoms with Crippen LogP contribution in [0.4, 0.5) is 0 Å². The molecule has 0 aliphatic heterocycles. The van der Waals surface area contributed by atoms with Gasteiger partial charge in [-0.2, -0.15) is 9.78 Å². The third kappa shape index (κ3) is 7.03. The standard InChI is InChI=1S/C36H33BrClN3O6/c1-6-46-29-15-21(4)27(17-26(29)20(2)3)34-40-28-10-8-7-9-25(28)35(42)41(34)39-18-24-16-30(45-5)33(32(38)31(24)37)47-19-22-11-13-23(14-12-22)36(43)44/h7-18,20H,6,19H2,1-5H3,(H,43,44). The largest absolute Gasteiger partial charge is 0.494 e. The summed E-state index contributed by atoms with van der Waals surface area (Å²) in [6, 6.07) is 19.2. The van der Waals surface area contributed by atoms with E-state index >= 15 is 0 Å². The fourth-order valence-corrected chi connectivity index (χ4v) is 5.73. The van der Waals surface area contributed by atoms with Crippen molar-refractivity contribution < 1.29 is 24.1 Å². The maximum Gasteiger partial charge on any atom is 0.335 e. The number of methoxy groups -OCH3 is 1. The van der Waals surface area contributed by atoms with Gasteiger partial charge in [-0.3, -0.25) is 4.79 Å². The quantitative estimate of drug-likeness (QED) is 0.136. The van der Waals surface area contributed by atoms with E-state index in [-0.39, 0.29) is 34.4 Å². The number of benzene rings is 4. The molecule has 0 bridgehead atoms. The van der Waals surface area contributed by atoms with Crippen molar-refractivity contribution in [1.82, 2.24) is 9.66 Å². The molecule has 11 heteroatoms. The molecule has 5 aromatic rings. The molecule has 0 unspecified atom stereocenters. The second-order valence-electron chi connectivity index (χ2n) is 11.0. The van der Waals surface area contributed by atoms with Crippen molar-refractivity contribution in [3.05, 3.63) is 114 Å². The zero-order valence-electron chi connectivity index (χ0n) is 26.5. The first-order chi connectivity index (χ1) is 22.5. The Kier molecular flexibility index (Phi) is 10.3. The maximum absolute atomic E-state index is 13.9. The number of para-hydroxylation sites is 1. The van der Waals surface area contributed by atoms with Crippen LogP contribution in [0, 0.1) is 6.92 Å². The van der Waals surface area contributed by atoms with E-state index in [0.717, 1.165) is 28.0 Å². The molecule has 4 aromatic carbocycles. The predicted molar refractivity (Wildman–Crippen MR) is 188 cm³/mol. The Bertz CT molecular complexity index is 2060. The highest BCUT2D eigenvalue weighted by Crippen LogP contribution is 2.42. The first kappa shape index (κ1) is 33.7. The number of ether oxygens (including phenoxy) is 3. The lowest BCUT2D eigenvalue weighted by Gasteiger charge is -2.18. The molecule has 242 valence electrons. The van der Waals surface area contributed by atoms with Gasteiger partial charge in [0.25, 0.3) is 5.56 Å². The van der Waals surface area contributed by atoms with E-state index in [1.807, 2.05) is 38.1 Å². The van der Waals surface area contributed by atoms with Crippen LogP contribution in [-0.4, -0.2) is 40.7 Å². The molecule has 0 fully saturated rings. The molecule has 1 N–H and O–H groups in total. The third-order valence-electron chi connectivity index (χ3n) is 7.55. The molecule has 0 atom stereocenters. The number of fused-ring (bicyclic) bond motifs is 1. The van der Waals surface area contributed by atoms with Crippen LogP contribution in [-0.2, 0) is 6.61 Å². The van der Waals surface area contributed by atoms with E-state index in [1.165, 1.54) is 30.1 Å². The smallest absolute Gasteiger partial charge is 0.335 e. The van der Waals surface area contributed by atoms with E-state index in [0.29, 0.717) is 39.1 Å². The number of hydrogen-bond donors (Lipinski definition) is 1. The van der Waals surface area contributed by atoms with Crippen molar-refractivity contribution in [2.75, 3.05) is 13.7 Å². The summed E-state index contributed by atoms with van der Waals surface area (Å²) in [4.78, 5) is 30.0. The molecule has 9 nitrogen and oxygen atoms in total. The SMILES string of the molecule is CCOc1cc(C)c(-c2nc3ccccc3c(=O)n2N=Cc2cc(OC)c(OCc3ccc(C(=O)O)cc3)c(Cl)c2Br)cc1C(C)C. The lowest BCUT2D eigenvalue weighted by molar-refractivity contribution is 0.0697. The number of carboxylic acids is 1. The number of aryl methyl sites for hydroxylation is 1. The van der Waals surface area contributed by atoms with E-state index in [9.17, 15) is 9.59 Å². The predicted octanol–water partition coefficient (Wildman–Crippen LogP) is 8.48. The van der Waals surface area contributed by atoms with Crippen molar-refractivity contribution in [2.45, 2.75) is 40.2 Å². The Hall–Kier alpha value is -4.67. The lowest BCUT2D eigenvalue weighted by atomic mass is 9.96. The van der Waals surface area contributed by atoms with Gasteiger partial charge in [-0.05, 0) is 94.9 Å². The van der Waals surface area contributed by atoms with Crippen molar-refractivity contribution in [1.29, 1.82) is 0 Å². The Morgan fingerprint density at radius 3 is 2.47 bits per heavy atom. The molecule has 0 spiro atoms. The lowest BCUT2D eigenvalue weighted by Crippen LogP contribution is -2.21. The summed E-state index contributed by atoms with van der Waals surface area (Å²) in [5.41, 5.74) is 4.32. The number of hydrogen-bond acceptors (Lipinski definition) is 7. The van der Waals surface area contributed by atoms with Crippen molar-refractivity contribution in [2.24, 2.45) is 5.10 Å². The molecular formula is C36H33BrClN3O6. The number of aromatic carboxylic acids is 1. The highest BCUT2D eigenvalue weighted by Gasteiger charge is 2.20. The molecule has 5 rings (SSSR count). The van der Waals surface area contributed by atoms with Crippen LogP contribution in [0.15, 0.2) is 81.1 Å². The first-order valence-corrected chi connectivity index (χ1v) is 16.1. The van der Waals surface area contributed by atoms with Crippen LogP contribution in [0.25, 0.3) is 22.3 Å². The van der Waals surface area contributed by atoms with Crippen LogP contribution in [0.5, 0.6) is 17.2 Å². The molecule has 0 saturated heterocycles. The highest BCUT2D eigenvalue weighted by atomic mass is 79.9. The Balaban J connectivity index is 1.58. The Morgan fingerprint density at radius 1 is 1.09 bits per heavy atom. The van der Waals surface area contributed by atoms with E-state index in [4.69, 9.17) is 35.9 Å². The van der Waals surface area contributed by atoms with Gasteiger partial charge < -0.3 is 19.3 Å². The molecule has 0 radical (unpaired) electrons. The van der Waals surface area contributed by atoms with Crippen molar-refractivity contribution in [3.63, 3.8) is 0 Å². The third-order valence-corrected chi connectivity index (χ3v) is 8.99. The maximum atomic E-state index is 13.9. The monoisotopic (exact) mass is 717 g/mol. The molecule has 1 aromatic heterocycles. The number of rotatable bonds is 11. The van der Waals surface area contributed by atoms with Crippen LogP contribution < -0.4 is 19.8 Å². The fraction of sp³-hybridized carbons (Fsp3) is 0.222. The normalized spacial score (nSPS) is 11.4. The van der Waals surface area contributed by atoms with E-state index < -0.39 is 5.97 Å². The average molecular weight is 719 g/mol. The van der Waals surface area contributed by atoms with Crippen LogP contribution in [0.2, 0.25) is 5.02 Å². The molecule has 47 heavy (non-hydrogen) atoms. The van der Waals surface area contributed by atoms with Crippen molar-refractivity contribution >= 4 is 50.6 Å². The van der Waals surface area contributed by atoms with Gasteiger partial charge in [0.1, 0.15) is 17.4 Å². The minimum Gasteiger partial charge on any atom is -0.494 e. The van der Waals surface area contributed by atoms with E-state index in [1.54, 1.807) is 30.3 Å². The molecular weight excluding hydrogens is 686 g/mol. The zero-order chi connectivity index (χ0) is 33.8. The Labute approximate surface area is 285 Å². The summed E-state index contributed by atoms with van der Waals surface area (Å²) >= 11 is 10.3. The average Bonchev–Trinajstić information content (AvgIpc) is 3.05. The van der Waals surface area contributed by atoms with Gasteiger partial charge >= 0.3 is 5.97 Å². The summed E-state index contributed by atoms with van der Waals surface area (Å²) in [5.74, 6) is 0.970. The number of carbonyl (C=O) groups is 1. The van der Waals surface area contributed by atoms with Gasteiger partial charge in [0.15, 0.2) is 17.3 Å². The van der Waals surface area contributed by atoms with Crippen molar-refractivity contribution in [3.8, 4) is 28.6 Å². The van der Waals surface area contributed by atoms with Gasteiger partial charge in [0.05, 0.1) is 36.4 Å². The summed E-state index contributed by atoms with van der Waals surface area (Å²) in [6.45, 7) is 8.74. The van der Waals surface area contributed by atoms with Crippen LogP contribution in [0.3, 0.4) is 0 Å². The summed E-state index contributed by atoms with van der Waals surface area (Å²) in [5, 5.41) is 14.5. The molecule has 0 aliphatic carbocycles. The molecule has 0 saturated carbocycles. The Morgan fingerprint density at radius 2 is 1.81 bits per heavy atom. The fourth-order valence-electron chi connectivity index (χ4n) is 5.08. The van der Waals surface area contributed by atoms with Gasteiger partial charge in [0.2, 0.25) is 0 Å². The summed E-state index contributed by atoms with van der Waals surface area (Å²) in [6.07, 6.45) is 1.52. The summed E-state index contributed by atoms with van der Waals surface area (Å²) < 4.78 is 19.3. The molecule has 1 heterocycles. The molecule has 0 aliphatic rings. The number of nitrogens with zero attached hydrogens (tertiary/aromatic N) is 3. The van der Waals surface area contributed by atoms with E-state index in [2.05, 4.69) is 34.9 Å². The summed E-state index contributed by atoms with van der Waals surface area (Å²) in [7, 11) is 1.49. The van der Waals surface area contributed by atoms with Gasteiger partial charge in [-0.1, -0.05) is 49.7 Å². The second-order valence-corrected chi connectivity index (χ2v) is 12.2. The number of aromatic nitrogens is 2. The van der Waals surface area contributed by atoms with Crippen LogP contribution >= 0.6 is 27.5 Å².